The van der Waals surface area contributed by atoms with Crippen molar-refractivity contribution < 1.29 is 4.74 Å². The lowest BCUT2D eigenvalue weighted by molar-refractivity contribution is 0.288. The van der Waals surface area contributed by atoms with Crippen LogP contribution >= 0.6 is 0 Å². The number of aromatic nitrogens is 2. The molecule has 102 valence electrons. The van der Waals surface area contributed by atoms with Crippen LogP contribution in [0.2, 0.25) is 0 Å². The number of hydrogen-bond acceptors (Lipinski definition) is 4. The first-order chi connectivity index (χ1) is 9.88. The molecule has 2 heterocycles. The van der Waals surface area contributed by atoms with Crippen molar-refractivity contribution in [2.24, 2.45) is 0 Å². The Hall–Kier alpha value is -2.10. The SMILES string of the molecule is c1cc2c(cc1-c1ccc(NC3CC3)nn1)CCCO2. The van der Waals surface area contributed by atoms with E-state index in [0.717, 1.165) is 42.3 Å². The molecule has 0 spiro atoms. The smallest absolute Gasteiger partial charge is 0.148 e. The first kappa shape index (κ1) is 11.7. The second-order valence-electron chi connectivity index (χ2n) is 5.50. The van der Waals surface area contributed by atoms with Crippen LogP contribution in [0.25, 0.3) is 11.3 Å². The Morgan fingerprint density at radius 2 is 2.05 bits per heavy atom. The molecule has 0 radical (unpaired) electrons. The minimum absolute atomic E-state index is 0.607. The second-order valence-corrected chi connectivity index (χ2v) is 5.50. The number of benzene rings is 1. The van der Waals surface area contributed by atoms with Crippen molar-refractivity contribution in [3.8, 4) is 17.0 Å². The summed E-state index contributed by atoms with van der Waals surface area (Å²) in [6.07, 6.45) is 4.66. The summed E-state index contributed by atoms with van der Waals surface area (Å²) in [5.74, 6) is 1.89. The van der Waals surface area contributed by atoms with Gasteiger partial charge in [-0.3, -0.25) is 0 Å². The maximum atomic E-state index is 5.64. The number of fused-ring (bicyclic) bond motifs is 1. The van der Waals surface area contributed by atoms with Gasteiger partial charge in [-0.1, -0.05) is 0 Å². The van der Waals surface area contributed by atoms with Crippen molar-refractivity contribution in [3.63, 3.8) is 0 Å². The van der Waals surface area contributed by atoms with Gasteiger partial charge in [0.05, 0.1) is 12.3 Å². The van der Waals surface area contributed by atoms with Crippen LogP contribution in [0.5, 0.6) is 5.75 Å². The molecule has 2 aliphatic rings. The summed E-state index contributed by atoms with van der Waals surface area (Å²) in [5.41, 5.74) is 3.30. The van der Waals surface area contributed by atoms with Crippen molar-refractivity contribution in [1.29, 1.82) is 0 Å². The number of anilines is 1. The Morgan fingerprint density at radius 3 is 2.85 bits per heavy atom. The molecule has 1 aromatic carbocycles. The molecule has 1 aromatic heterocycles. The van der Waals surface area contributed by atoms with E-state index in [4.69, 9.17) is 4.74 Å². The normalized spacial score (nSPS) is 17.2. The van der Waals surface area contributed by atoms with E-state index in [9.17, 15) is 0 Å². The molecule has 1 aliphatic carbocycles. The number of nitrogens with one attached hydrogen (secondary N) is 1. The Labute approximate surface area is 118 Å². The van der Waals surface area contributed by atoms with E-state index in [1.807, 2.05) is 18.2 Å². The topological polar surface area (TPSA) is 47.0 Å². The Balaban J connectivity index is 1.59. The van der Waals surface area contributed by atoms with Crippen LogP contribution < -0.4 is 10.1 Å². The van der Waals surface area contributed by atoms with E-state index < -0.39 is 0 Å². The summed E-state index contributed by atoms with van der Waals surface area (Å²) in [6.45, 7) is 0.827. The van der Waals surface area contributed by atoms with Crippen molar-refractivity contribution >= 4 is 5.82 Å². The van der Waals surface area contributed by atoms with E-state index in [0.29, 0.717) is 6.04 Å². The summed E-state index contributed by atoms with van der Waals surface area (Å²) < 4.78 is 5.64. The molecular formula is C16H17N3O. The zero-order valence-corrected chi connectivity index (χ0v) is 11.3. The van der Waals surface area contributed by atoms with Crippen LogP contribution in [0.3, 0.4) is 0 Å². The highest BCUT2D eigenvalue weighted by atomic mass is 16.5. The molecule has 0 unspecified atom stereocenters. The molecule has 20 heavy (non-hydrogen) atoms. The first-order valence-electron chi connectivity index (χ1n) is 7.25. The second kappa shape index (κ2) is 4.78. The minimum Gasteiger partial charge on any atom is -0.493 e. The van der Waals surface area contributed by atoms with Crippen molar-refractivity contribution in [2.75, 3.05) is 11.9 Å². The van der Waals surface area contributed by atoms with E-state index in [-0.39, 0.29) is 0 Å². The number of aryl methyl sites for hydroxylation is 1. The Kier molecular flexibility index (Phi) is 2.80. The van der Waals surface area contributed by atoms with Crippen LogP contribution in [0.1, 0.15) is 24.8 Å². The minimum atomic E-state index is 0.607. The predicted octanol–water partition coefficient (Wildman–Crippen LogP) is 3.04. The Morgan fingerprint density at radius 1 is 1.10 bits per heavy atom. The molecule has 0 saturated heterocycles. The molecule has 0 atom stereocenters. The lowest BCUT2D eigenvalue weighted by atomic mass is 10.0. The highest BCUT2D eigenvalue weighted by Crippen LogP contribution is 2.29. The molecule has 2 aromatic rings. The van der Waals surface area contributed by atoms with Gasteiger partial charge in [0.25, 0.3) is 0 Å². The zero-order valence-electron chi connectivity index (χ0n) is 11.3. The first-order valence-corrected chi connectivity index (χ1v) is 7.25. The van der Waals surface area contributed by atoms with Gasteiger partial charge < -0.3 is 10.1 Å². The molecule has 1 saturated carbocycles. The van der Waals surface area contributed by atoms with Crippen molar-refractivity contribution in [3.05, 3.63) is 35.9 Å². The molecule has 0 amide bonds. The van der Waals surface area contributed by atoms with Gasteiger partial charge >= 0.3 is 0 Å². The summed E-state index contributed by atoms with van der Waals surface area (Å²) >= 11 is 0. The fourth-order valence-corrected chi connectivity index (χ4v) is 2.52. The van der Waals surface area contributed by atoms with Crippen LogP contribution in [-0.4, -0.2) is 22.8 Å². The van der Waals surface area contributed by atoms with E-state index in [2.05, 4.69) is 27.6 Å². The largest absolute Gasteiger partial charge is 0.493 e. The molecule has 4 heteroatoms. The van der Waals surface area contributed by atoms with E-state index >= 15 is 0 Å². The third-order valence-electron chi connectivity index (χ3n) is 3.80. The predicted molar refractivity (Wildman–Crippen MR) is 77.9 cm³/mol. The molecular weight excluding hydrogens is 250 g/mol. The van der Waals surface area contributed by atoms with E-state index in [1.54, 1.807) is 0 Å². The van der Waals surface area contributed by atoms with Crippen molar-refractivity contribution in [1.82, 2.24) is 10.2 Å². The number of hydrogen-bond donors (Lipinski definition) is 1. The van der Waals surface area contributed by atoms with Gasteiger partial charge in [0.2, 0.25) is 0 Å². The molecule has 1 aliphatic heterocycles. The van der Waals surface area contributed by atoms with Crippen LogP contribution in [0.4, 0.5) is 5.82 Å². The van der Waals surface area contributed by atoms with Gasteiger partial charge in [-0.05, 0) is 61.6 Å². The third-order valence-corrected chi connectivity index (χ3v) is 3.80. The Bertz CT molecular complexity index is 620. The van der Waals surface area contributed by atoms with E-state index in [1.165, 1.54) is 18.4 Å². The fraction of sp³-hybridized carbons (Fsp3) is 0.375. The summed E-state index contributed by atoms with van der Waals surface area (Å²) in [7, 11) is 0. The highest BCUT2D eigenvalue weighted by molar-refractivity contribution is 5.62. The van der Waals surface area contributed by atoms with Gasteiger partial charge in [-0.15, -0.1) is 10.2 Å². The lowest BCUT2D eigenvalue weighted by Crippen LogP contribution is -2.08. The number of rotatable bonds is 3. The van der Waals surface area contributed by atoms with Crippen LogP contribution in [0.15, 0.2) is 30.3 Å². The van der Waals surface area contributed by atoms with Crippen molar-refractivity contribution in [2.45, 2.75) is 31.7 Å². The lowest BCUT2D eigenvalue weighted by Gasteiger charge is -2.17. The maximum absolute atomic E-state index is 5.64. The summed E-state index contributed by atoms with van der Waals surface area (Å²) in [6, 6.07) is 10.9. The highest BCUT2D eigenvalue weighted by Gasteiger charge is 2.21. The summed E-state index contributed by atoms with van der Waals surface area (Å²) in [4.78, 5) is 0. The van der Waals surface area contributed by atoms with Gasteiger partial charge in [-0.2, -0.15) is 0 Å². The average Bonchev–Trinajstić information content (AvgIpc) is 3.32. The molecule has 4 nitrogen and oxygen atoms in total. The maximum Gasteiger partial charge on any atom is 0.148 e. The van der Waals surface area contributed by atoms with Gasteiger partial charge in [0, 0.05) is 11.6 Å². The summed E-state index contributed by atoms with van der Waals surface area (Å²) in [5, 5.41) is 11.9. The monoisotopic (exact) mass is 267 g/mol. The van der Waals surface area contributed by atoms with Gasteiger partial charge in [0.15, 0.2) is 0 Å². The standard InChI is InChI=1S/C16H17N3O/c1-2-12-10-11(3-7-15(12)20-9-1)14-6-8-16(19-18-14)17-13-4-5-13/h3,6-8,10,13H,1-2,4-5,9H2,(H,17,19). The number of nitrogens with zero attached hydrogens (tertiary/aromatic N) is 2. The van der Waals surface area contributed by atoms with Crippen LogP contribution in [-0.2, 0) is 6.42 Å². The zero-order chi connectivity index (χ0) is 13.4. The fourth-order valence-electron chi connectivity index (χ4n) is 2.52. The quantitative estimate of drug-likeness (QED) is 0.928. The molecule has 1 fully saturated rings. The number of ether oxygens (including phenoxy) is 1. The van der Waals surface area contributed by atoms with Gasteiger partial charge in [0.1, 0.15) is 11.6 Å². The van der Waals surface area contributed by atoms with Crippen LogP contribution in [0, 0.1) is 0 Å². The molecule has 0 bridgehead atoms. The molecule has 4 rings (SSSR count). The third kappa shape index (κ3) is 2.33. The average molecular weight is 267 g/mol. The van der Waals surface area contributed by atoms with Gasteiger partial charge in [-0.25, -0.2) is 0 Å². The molecule has 1 N–H and O–H groups in total.